The van der Waals surface area contributed by atoms with Crippen molar-refractivity contribution >= 4 is 5.91 Å². The highest BCUT2D eigenvalue weighted by Gasteiger charge is 2.23. The molecule has 1 unspecified atom stereocenters. The summed E-state index contributed by atoms with van der Waals surface area (Å²) in [6.45, 7) is 1.88. The molecule has 3 aromatic heterocycles. The Kier molecular flexibility index (Phi) is 3.25. The Labute approximate surface area is 132 Å². The van der Waals surface area contributed by atoms with E-state index in [1.807, 2.05) is 25.3 Å². The second-order valence-corrected chi connectivity index (χ2v) is 5.86. The maximum Gasteiger partial charge on any atom is 0.272 e. The van der Waals surface area contributed by atoms with E-state index in [0.717, 1.165) is 30.7 Å². The van der Waals surface area contributed by atoms with Gasteiger partial charge < -0.3 is 9.73 Å². The van der Waals surface area contributed by atoms with Crippen molar-refractivity contribution in [3.8, 4) is 11.5 Å². The normalized spacial score (nSPS) is 17.0. The Morgan fingerprint density at radius 1 is 1.39 bits per heavy atom. The number of nitrogens with zero attached hydrogens (tertiary/aromatic N) is 2. The Morgan fingerprint density at radius 3 is 3.13 bits per heavy atom. The highest BCUT2D eigenvalue weighted by atomic mass is 16.3. The fourth-order valence-electron chi connectivity index (χ4n) is 2.93. The van der Waals surface area contributed by atoms with Gasteiger partial charge in [0.2, 0.25) is 0 Å². The van der Waals surface area contributed by atoms with E-state index in [1.165, 1.54) is 5.56 Å². The van der Waals surface area contributed by atoms with Crippen molar-refractivity contribution in [1.82, 2.24) is 25.7 Å². The number of H-pyrrole nitrogens is 2. The van der Waals surface area contributed by atoms with Crippen molar-refractivity contribution in [1.29, 1.82) is 0 Å². The summed E-state index contributed by atoms with van der Waals surface area (Å²) in [6, 6.07) is 5.53. The number of aryl methyl sites for hydroxylation is 2. The van der Waals surface area contributed by atoms with Crippen molar-refractivity contribution in [2.75, 3.05) is 0 Å². The molecule has 0 saturated heterocycles. The minimum Gasteiger partial charge on any atom is -0.460 e. The molecule has 4 rings (SSSR count). The summed E-state index contributed by atoms with van der Waals surface area (Å²) in [5, 5.41) is 17.0. The molecule has 7 nitrogen and oxygen atoms in total. The molecule has 118 valence electrons. The number of furan rings is 1. The van der Waals surface area contributed by atoms with Crippen LogP contribution in [-0.2, 0) is 12.8 Å². The van der Waals surface area contributed by atoms with Crippen LogP contribution in [0.4, 0.5) is 0 Å². The van der Waals surface area contributed by atoms with Crippen LogP contribution in [0.1, 0.15) is 33.9 Å². The highest BCUT2D eigenvalue weighted by molar-refractivity contribution is 5.93. The molecule has 3 aromatic rings. The third-order valence-electron chi connectivity index (χ3n) is 4.17. The van der Waals surface area contributed by atoms with E-state index in [-0.39, 0.29) is 11.9 Å². The molecule has 1 atom stereocenters. The number of fused-ring (bicyclic) bond motifs is 1. The van der Waals surface area contributed by atoms with Gasteiger partial charge in [-0.2, -0.15) is 10.2 Å². The molecule has 1 aliphatic carbocycles. The topological polar surface area (TPSA) is 99.6 Å². The molecule has 7 heteroatoms. The number of nitrogens with one attached hydrogen (secondary N) is 3. The summed E-state index contributed by atoms with van der Waals surface area (Å²) in [5.41, 5.74) is 3.41. The van der Waals surface area contributed by atoms with Crippen LogP contribution in [0.15, 0.2) is 28.8 Å². The van der Waals surface area contributed by atoms with Crippen molar-refractivity contribution in [2.24, 2.45) is 0 Å². The summed E-state index contributed by atoms with van der Waals surface area (Å²) in [5.74, 6) is 1.32. The van der Waals surface area contributed by atoms with Crippen molar-refractivity contribution in [2.45, 2.75) is 32.2 Å². The predicted molar refractivity (Wildman–Crippen MR) is 82.9 cm³/mol. The second-order valence-electron chi connectivity index (χ2n) is 5.86. The molecule has 1 amide bonds. The van der Waals surface area contributed by atoms with E-state index in [0.29, 0.717) is 17.1 Å². The number of rotatable bonds is 3. The maximum absolute atomic E-state index is 12.4. The number of carbonyl (C=O) groups is 1. The zero-order valence-corrected chi connectivity index (χ0v) is 12.7. The summed E-state index contributed by atoms with van der Waals surface area (Å²) in [4.78, 5) is 12.4. The molecule has 0 fully saturated rings. The van der Waals surface area contributed by atoms with Gasteiger partial charge in [-0.25, -0.2) is 0 Å². The molecule has 23 heavy (non-hydrogen) atoms. The average molecular weight is 311 g/mol. The van der Waals surface area contributed by atoms with Crippen LogP contribution >= 0.6 is 0 Å². The predicted octanol–water partition coefficient (Wildman–Crippen LogP) is 1.99. The molecular weight excluding hydrogens is 294 g/mol. The van der Waals surface area contributed by atoms with Crippen LogP contribution in [0.2, 0.25) is 0 Å². The number of aromatic amines is 2. The minimum atomic E-state index is -0.177. The van der Waals surface area contributed by atoms with Gasteiger partial charge in [0.15, 0.2) is 11.5 Å². The van der Waals surface area contributed by atoms with E-state index in [9.17, 15) is 4.79 Å². The number of hydrogen-bond acceptors (Lipinski definition) is 4. The summed E-state index contributed by atoms with van der Waals surface area (Å²) in [7, 11) is 0. The lowest BCUT2D eigenvalue weighted by Gasteiger charge is -2.22. The standard InChI is InChI=1S/C16H17N5O2/c1-9-2-5-15(23-9)13-7-14(21-20-13)16(22)18-11-4-3-10-8-17-19-12(10)6-11/h2,5,7-8,11H,3-4,6H2,1H3,(H,17,19)(H,18,22)(H,20,21). The lowest BCUT2D eigenvalue weighted by molar-refractivity contribution is 0.0928. The third-order valence-corrected chi connectivity index (χ3v) is 4.17. The number of aromatic nitrogens is 4. The smallest absolute Gasteiger partial charge is 0.272 e. The first kappa shape index (κ1) is 13.8. The van der Waals surface area contributed by atoms with Gasteiger partial charge in [0, 0.05) is 24.2 Å². The fraction of sp³-hybridized carbons (Fsp3) is 0.312. The Balaban J connectivity index is 1.45. The highest BCUT2D eigenvalue weighted by Crippen LogP contribution is 2.21. The van der Waals surface area contributed by atoms with E-state index in [1.54, 1.807) is 6.07 Å². The quantitative estimate of drug-likeness (QED) is 0.688. The Morgan fingerprint density at radius 2 is 2.30 bits per heavy atom. The van der Waals surface area contributed by atoms with Crippen LogP contribution in [0.25, 0.3) is 11.5 Å². The third kappa shape index (κ3) is 2.65. The van der Waals surface area contributed by atoms with E-state index in [2.05, 4.69) is 25.7 Å². The van der Waals surface area contributed by atoms with Crippen molar-refractivity contribution in [3.05, 3.63) is 47.1 Å². The zero-order chi connectivity index (χ0) is 15.8. The van der Waals surface area contributed by atoms with Gasteiger partial charge in [-0.3, -0.25) is 15.0 Å². The first-order valence-electron chi connectivity index (χ1n) is 7.63. The molecular formula is C16H17N5O2. The van der Waals surface area contributed by atoms with E-state index < -0.39 is 0 Å². The van der Waals surface area contributed by atoms with Crippen LogP contribution in [0.3, 0.4) is 0 Å². The van der Waals surface area contributed by atoms with Crippen LogP contribution in [0, 0.1) is 6.92 Å². The van der Waals surface area contributed by atoms with E-state index >= 15 is 0 Å². The second kappa shape index (κ2) is 5.42. The summed E-state index contributed by atoms with van der Waals surface area (Å²) < 4.78 is 5.53. The molecule has 3 heterocycles. The Bertz CT molecular complexity index is 844. The van der Waals surface area contributed by atoms with Crippen LogP contribution < -0.4 is 5.32 Å². The molecule has 1 aliphatic rings. The number of hydrogen-bond donors (Lipinski definition) is 3. The lowest BCUT2D eigenvalue weighted by Crippen LogP contribution is -2.39. The van der Waals surface area contributed by atoms with Gasteiger partial charge in [0.25, 0.3) is 5.91 Å². The van der Waals surface area contributed by atoms with E-state index in [4.69, 9.17) is 4.42 Å². The van der Waals surface area contributed by atoms with Gasteiger partial charge in [-0.15, -0.1) is 0 Å². The van der Waals surface area contributed by atoms with Gasteiger partial charge >= 0.3 is 0 Å². The molecule has 0 saturated carbocycles. The monoisotopic (exact) mass is 311 g/mol. The largest absolute Gasteiger partial charge is 0.460 e. The number of carbonyl (C=O) groups excluding carboxylic acids is 1. The molecule has 0 aromatic carbocycles. The maximum atomic E-state index is 12.4. The van der Waals surface area contributed by atoms with Gasteiger partial charge in [0.05, 0.1) is 6.20 Å². The first-order valence-corrected chi connectivity index (χ1v) is 7.63. The van der Waals surface area contributed by atoms with Crippen molar-refractivity contribution < 1.29 is 9.21 Å². The van der Waals surface area contributed by atoms with Crippen LogP contribution in [-0.4, -0.2) is 32.3 Å². The summed E-state index contributed by atoms with van der Waals surface area (Å²) in [6.07, 6.45) is 4.47. The molecule has 3 N–H and O–H groups in total. The van der Waals surface area contributed by atoms with Gasteiger partial charge in [-0.05, 0) is 37.5 Å². The van der Waals surface area contributed by atoms with Crippen molar-refractivity contribution in [3.63, 3.8) is 0 Å². The first-order chi connectivity index (χ1) is 11.2. The SMILES string of the molecule is Cc1ccc(-c2cc(C(=O)NC3CCc4cn[nH]c4C3)n[nH]2)o1. The van der Waals surface area contributed by atoms with Crippen LogP contribution in [0.5, 0.6) is 0 Å². The zero-order valence-electron chi connectivity index (χ0n) is 12.7. The summed E-state index contributed by atoms with van der Waals surface area (Å²) >= 11 is 0. The lowest BCUT2D eigenvalue weighted by atomic mass is 9.94. The molecule has 0 bridgehead atoms. The average Bonchev–Trinajstić information content (AvgIpc) is 3.26. The molecule has 0 aliphatic heterocycles. The minimum absolute atomic E-state index is 0.0986. The van der Waals surface area contributed by atoms with Gasteiger partial charge in [0.1, 0.15) is 11.5 Å². The van der Waals surface area contributed by atoms with Gasteiger partial charge in [-0.1, -0.05) is 0 Å². The molecule has 0 spiro atoms. The fourth-order valence-corrected chi connectivity index (χ4v) is 2.93. The number of amides is 1. The molecule has 0 radical (unpaired) electrons. The Hall–Kier alpha value is -2.83.